The van der Waals surface area contributed by atoms with Gasteiger partial charge in [0.05, 0.1) is 25.4 Å². The van der Waals surface area contributed by atoms with E-state index in [1.54, 1.807) is 0 Å². The van der Waals surface area contributed by atoms with Crippen LogP contribution in [0.3, 0.4) is 0 Å². The van der Waals surface area contributed by atoms with Gasteiger partial charge >= 0.3 is 0 Å². The van der Waals surface area contributed by atoms with Gasteiger partial charge in [0.15, 0.2) is 0 Å². The average molecular weight is 361 g/mol. The maximum atomic E-state index is 6.06. The summed E-state index contributed by atoms with van der Waals surface area (Å²) < 4.78 is 11.5. The van der Waals surface area contributed by atoms with Gasteiger partial charge in [0.1, 0.15) is 0 Å². The van der Waals surface area contributed by atoms with Gasteiger partial charge in [-0.3, -0.25) is 0 Å². The molecule has 2 heterocycles. The standard InChI is InChI=1S/C24H40O2/c1-2-3-18-4-9-20(10-5-18)21-11-6-19(7-12-21)8-14-23-15-13-22(16-25-23)24-17-26-24/h8,14,18-24H,2-7,9-13,15-17H2,1H3/b14-8+. The van der Waals surface area contributed by atoms with Gasteiger partial charge in [0, 0.05) is 5.92 Å². The van der Waals surface area contributed by atoms with E-state index in [0.29, 0.717) is 18.1 Å². The third-order valence-corrected chi connectivity index (χ3v) is 7.90. The molecule has 4 rings (SSSR count). The molecule has 2 nitrogen and oxygen atoms in total. The van der Waals surface area contributed by atoms with Crippen LogP contribution in [0.25, 0.3) is 0 Å². The summed E-state index contributed by atoms with van der Waals surface area (Å²) in [5.41, 5.74) is 0. The summed E-state index contributed by atoms with van der Waals surface area (Å²) in [6.07, 6.45) is 23.0. The second kappa shape index (κ2) is 9.24. The molecule has 2 aliphatic carbocycles. The highest BCUT2D eigenvalue weighted by molar-refractivity contribution is 4.98. The third kappa shape index (κ3) is 5.13. The van der Waals surface area contributed by atoms with Gasteiger partial charge in [0.25, 0.3) is 0 Å². The van der Waals surface area contributed by atoms with Crippen LogP contribution in [0.15, 0.2) is 12.2 Å². The van der Waals surface area contributed by atoms with Crippen molar-refractivity contribution < 1.29 is 9.47 Å². The zero-order valence-electron chi connectivity index (χ0n) is 16.9. The van der Waals surface area contributed by atoms with Gasteiger partial charge in [0.2, 0.25) is 0 Å². The molecule has 0 radical (unpaired) electrons. The van der Waals surface area contributed by atoms with E-state index >= 15 is 0 Å². The maximum absolute atomic E-state index is 6.06. The van der Waals surface area contributed by atoms with Crippen LogP contribution in [-0.4, -0.2) is 25.4 Å². The minimum atomic E-state index is 0.372. The summed E-state index contributed by atoms with van der Waals surface area (Å²) in [6, 6.07) is 0. The van der Waals surface area contributed by atoms with Crippen molar-refractivity contribution in [2.45, 2.75) is 96.2 Å². The highest BCUT2D eigenvalue weighted by atomic mass is 16.6. The predicted molar refractivity (Wildman–Crippen MR) is 107 cm³/mol. The van der Waals surface area contributed by atoms with E-state index in [9.17, 15) is 0 Å². The zero-order chi connectivity index (χ0) is 17.8. The molecule has 0 aromatic carbocycles. The lowest BCUT2D eigenvalue weighted by atomic mass is 9.68. The highest BCUT2D eigenvalue weighted by Gasteiger charge is 2.35. The molecule has 0 bridgehead atoms. The Kier molecular flexibility index (Phi) is 6.75. The van der Waals surface area contributed by atoms with Gasteiger partial charge in [-0.2, -0.15) is 0 Å². The summed E-state index contributed by atoms with van der Waals surface area (Å²) in [5, 5.41) is 0. The average Bonchev–Trinajstić information content (AvgIpc) is 3.54. The minimum Gasteiger partial charge on any atom is -0.374 e. The molecule has 0 aromatic rings. The fraction of sp³-hybridized carbons (Fsp3) is 0.917. The summed E-state index contributed by atoms with van der Waals surface area (Å²) in [7, 11) is 0. The first-order chi connectivity index (χ1) is 12.8. The summed E-state index contributed by atoms with van der Waals surface area (Å²) >= 11 is 0. The number of hydrogen-bond acceptors (Lipinski definition) is 2. The Morgan fingerprint density at radius 2 is 1.35 bits per heavy atom. The van der Waals surface area contributed by atoms with E-state index in [1.807, 2.05) is 0 Å². The Hall–Kier alpha value is -0.340. The van der Waals surface area contributed by atoms with Crippen molar-refractivity contribution in [3.05, 3.63) is 12.2 Å². The van der Waals surface area contributed by atoms with Crippen LogP contribution in [0.2, 0.25) is 0 Å². The smallest absolute Gasteiger partial charge is 0.0860 e. The van der Waals surface area contributed by atoms with Crippen molar-refractivity contribution in [2.24, 2.45) is 29.6 Å². The molecule has 2 saturated heterocycles. The fourth-order valence-electron chi connectivity index (χ4n) is 6.01. The topological polar surface area (TPSA) is 21.8 Å². The Morgan fingerprint density at radius 3 is 1.92 bits per heavy atom. The first-order valence-electron chi connectivity index (χ1n) is 11.7. The predicted octanol–water partition coefficient (Wildman–Crippen LogP) is 6.15. The van der Waals surface area contributed by atoms with Crippen molar-refractivity contribution in [1.82, 2.24) is 0 Å². The molecule has 148 valence electrons. The Bertz CT molecular complexity index is 431. The lowest BCUT2D eigenvalue weighted by molar-refractivity contribution is 0.00240. The van der Waals surface area contributed by atoms with E-state index in [-0.39, 0.29) is 0 Å². The highest BCUT2D eigenvalue weighted by Crippen LogP contribution is 2.42. The van der Waals surface area contributed by atoms with Gasteiger partial charge < -0.3 is 9.47 Å². The van der Waals surface area contributed by atoms with Gasteiger partial charge in [-0.15, -0.1) is 0 Å². The second-order valence-electron chi connectivity index (χ2n) is 9.71. The molecule has 3 unspecified atom stereocenters. The largest absolute Gasteiger partial charge is 0.374 e. The molecule has 26 heavy (non-hydrogen) atoms. The first-order valence-corrected chi connectivity index (χ1v) is 11.7. The molecular formula is C24H40O2. The molecule has 0 aromatic heterocycles. The van der Waals surface area contributed by atoms with E-state index in [0.717, 1.165) is 36.9 Å². The van der Waals surface area contributed by atoms with E-state index in [1.165, 1.54) is 77.0 Å². The van der Waals surface area contributed by atoms with Gasteiger partial charge in [-0.25, -0.2) is 0 Å². The molecule has 2 aliphatic heterocycles. The molecule has 4 fully saturated rings. The summed E-state index contributed by atoms with van der Waals surface area (Å²) in [5.74, 6) is 4.62. The van der Waals surface area contributed by atoms with Crippen LogP contribution in [0.4, 0.5) is 0 Å². The van der Waals surface area contributed by atoms with E-state index in [4.69, 9.17) is 9.47 Å². The number of ether oxygens (including phenoxy) is 2. The summed E-state index contributed by atoms with van der Waals surface area (Å²) in [6.45, 7) is 4.23. The van der Waals surface area contributed by atoms with Crippen molar-refractivity contribution in [2.75, 3.05) is 13.2 Å². The minimum absolute atomic E-state index is 0.372. The zero-order valence-corrected chi connectivity index (χ0v) is 16.9. The Labute approximate surface area is 161 Å². The summed E-state index contributed by atoms with van der Waals surface area (Å²) in [4.78, 5) is 0. The molecular weight excluding hydrogens is 320 g/mol. The molecule has 2 saturated carbocycles. The second-order valence-corrected chi connectivity index (χ2v) is 9.71. The molecule has 0 spiro atoms. The monoisotopic (exact) mass is 360 g/mol. The van der Waals surface area contributed by atoms with Crippen molar-refractivity contribution in [3.8, 4) is 0 Å². The number of hydrogen-bond donors (Lipinski definition) is 0. The van der Waals surface area contributed by atoms with Crippen LogP contribution in [0, 0.1) is 29.6 Å². The van der Waals surface area contributed by atoms with Crippen molar-refractivity contribution in [1.29, 1.82) is 0 Å². The van der Waals surface area contributed by atoms with Crippen LogP contribution in [0.1, 0.15) is 84.0 Å². The maximum Gasteiger partial charge on any atom is 0.0860 e. The van der Waals surface area contributed by atoms with Gasteiger partial charge in [-0.1, -0.05) is 44.8 Å². The first kappa shape index (κ1) is 19.0. The molecule has 2 heteroatoms. The van der Waals surface area contributed by atoms with Crippen LogP contribution >= 0.6 is 0 Å². The Balaban J connectivity index is 1.14. The van der Waals surface area contributed by atoms with Crippen LogP contribution in [0.5, 0.6) is 0 Å². The number of rotatable bonds is 6. The lowest BCUT2D eigenvalue weighted by Gasteiger charge is -2.37. The number of epoxide rings is 1. The quantitative estimate of drug-likeness (QED) is 0.418. The lowest BCUT2D eigenvalue weighted by Crippen LogP contribution is -2.28. The van der Waals surface area contributed by atoms with Gasteiger partial charge in [-0.05, 0) is 75.0 Å². The SMILES string of the molecule is CCCC1CCC(C2CCC(/C=C/C3CCC(C4CO4)CO3)CC2)CC1. The van der Waals surface area contributed by atoms with Crippen molar-refractivity contribution in [3.63, 3.8) is 0 Å². The van der Waals surface area contributed by atoms with Crippen LogP contribution < -0.4 is 0 Å². The number of allylic oxidation sites excluding steroid dienone is 1. The fourth-order valence-corrected chi connectivity index (χ4v) is 6.01. The normalized spacial score (nSPS) is 44.3. The molecule has 0 amide bonds. The molecule has 3 atom stereocenters. The van der Waals surface area contributed by atoms with E-state index in [2.05, 4.69) is 19.1 Å². The van der Waals surface area contributed by atoms with E-state index < -0.39 is 0 Å². The molecule has 0 N–H and O–H groups in total. The van der Waals surface area contributed by atoms with Crippen LogP contribution in [-0.2, 0) is 9.47 Å². The Morgan fingerprint density at radius 1 is 0.692 bits per heavy atom. The molecule has 4 aliphatic rings. The third-order valence-electron chi connectivity index (χ3n) is 7.90. The van der Waals surface area contributed by atoms with Crippen molar-refractivity contribution >= 4 is 0 Å².